The highest BCUT2D eigenvalue weighted by Crippen LogP contribution is 2.39. The van der Waals surface area contributed by atoms with Gasteiger partial charge in [0.25, 0.3) is 0 Å². The SMILES string of the molecule is CCC(=O)N[C@H]1c2cncc(-c3ccc(C(F)(F)F)cc3)c2CC[C@H]1C. The Morgan fingerprint density at radius 1 is 1.23 bits per heavy atom. The highest BCUT2D eigenvalue weighted by molar-refractivity contribution is 5.76. The molecule has 26 heavy (non-hydrogen) atoms. The number of benzene rings is 1. The molecule has 0 bridgehead atoms. The van der Waals surface area contributed by atoms with Crippen LogP contribution in [-0.2, 0) is 17.4 Å². The molecule has 3 nitrogen and oxygen atoms in total. The summed E-state index contributed by atoms with van der Waals surface area (Å²) >= 11 is 0. The average molecular weight is 362 g/mol. The van der Waals surface area contributed by atoms with E-state index >= 15 is 0 Å². The van der Waals surface area contributed by atoms with Gasteiger partial charge >= 0.3 is 6.18 Å². The van der Waals surface area contributed by atoms with Crippen LogP contribution in [0, 0.1) is 5.92 Å². The molecule has 2 atom stereocenters. The number of alkyl halides is 3. The molecule has 0 saturated heterocycles. The number of rotatable bonds is 3. The Labute approximate surface area is 150 Å². The van der Waals surface area contributed by atoms with E-state index in [4.69, 9.17) is 0 Å². The molecule has 1 N–H and O–H groups in total. The van der Waals surface area contributed by atoms with Gasteiger partial charge in [-0.15, -0.1) is 0 Å². The Morgan fingerprint density at radius 2 is 1.92 bits per heavy atom. The van der Waals surface area contributed by atoms with Crippen LogP contribution >= 0.6 is 0 Å². The van der Waals surface area contributed by atoms with Crippen molar-refractivity contribution >= 4 is 5.91 Å². The Kier molecular flexibility index (Phi) is 5.03. The number of hydrogen-bond acceptors (Lipinski definition) is 2. The van der Waals surface area contributed by atoms with Gasteiger partial charge in [0, 0.05) is 24.4 Å². The van der Waals surface area contributed by atoms with Gasteiger partial charge in [-0.25, -0.2) is 0 Å². The molecule has 0 radical (unpaired) electrons. The van der Waals surface area contributed by atoms with Crippen LogP contribution in [0.1, 0.15) is 49.4 Å². The molecule has 3 rings (SSSR count). The minimum absolute atomic E-state index is 0.0189. The lowest BCUT2D eigenvalue weighted by atomic mass is 9.79. The molecule has 2 aromatic rings. The van der Waals surface area contributed by atoms with Crippen molar-refractivity contribution in [3.8, 4) is 11.1 Å². The van der Waals surface area contributed by atoms with Gasteiger partial charge < -0.3 is 5.32 Å². The largest absolute Gasteiger partial charge is 0.416 e. The Morgan fingerprint density at radius 3 is 2.54 bits per heavy atom. The van der Waals surface area contributed by atoms with E-state index < -0.39 is 11.7 Å². The second-order valence-corrected chi connectivity index (χ2v) is 6.74. The van der Waals surface area contributed by atoms with Gasteiger partial charge in [0.15, 0.2) is 0 Å². The van der Waals surface area contributed by atoms with Gasteiger partial charge in [-0.05, 0) is 47.6 Å². The fourth-order valence-electron chi connectivity index (χ4n) is 3.48. The first-order valence-corrected chi connectivity index (χ1v) is 8.75. The van der Waals surface area contributed by atoms with Gasteiger partial charge in [0.2, 0.25) is 5.91 Å². The summed E-state index contributed by atoms with van der Waals surface area (Å²) in [7, 11) is 0. The standard InChI is InChI=1S/C20H21F3N2O/c1-3-18(26)25-19-12(2)4-9-15-16(10-24-11-17(15)19)13-5-7-14(8-6-13)20(21,22)23/h5-8,10-12,19H,3-4,9H2,1-2H3,(H,25,26)/t12-,19-/m1/s1. The first-order chi connectivity index (χ1) is 12.3. The molecule has 1 aromatic carbocycles. The predicted molar refractivity (Wildman–Crippen MR) is 93.3 cm³/mol. The smallest absolute Gasteiger partial charge is 0.349 e. The Bertz CT molecular complexity index is 800. The van der Waals surface area contributed by atoms with Crippen molar-refractivity contribution in [2.45, 2.75) is 45.3 Å². The first-order valence-electron chi connectivity index (χ1n) is 8.75. The highest BCUT2D eigenvalue weighted by atomic mass is 19.4. The number of hydrogen-bond donors (Lipinski definition) is 1. The fourth-order valence-corrected chi connectivity index (χ4v) is 3.48. The first kappa shape index (κ1) is 18.4. The number of nitrogens with one attached hydrogen (secondary N) is 1. The van der Waals surface area contributed by atoms with Gasteiger partial charge in [0.05, 0.1) is 11.6 Å². The number of nitrogens with zero attached hydrogens (tertiary/aromatic N) is 1. The monoisotopic (exact) mass is 362 g/mol. The summed E-state index contributed by atoms with van der Waals surface area (Å²) in [6, 6.07) is 5.04. The summed E-state index contributed by atoms with van der Waals surface area (Å²) in [5.41, 5.74) is 2.89. The third kappa shape index (κ3) is 3.59. The highest BCUT2D eigenvalue weighted by Gasteiger charge is 2.31. The molecule has 1 aromatic heterocycles. The zero-order valence-corrected chi connectivity index (χ0v) is 14.7. The second-order valence-electron chi connectivity index (χ2n) is 6.74. The lowest BCUT2D eigenvalue weighted by Gasteiger charge is -2.33. The maximum atomic E-state index is 12.8. The minimum atomic E-state index is -4.35. The van der Waals surface area contributed by atoms with E-state index in [0.717, 1.165) is 41.7 Å². The molecule has 6 heteroatoms. The van der Waals surface area contributed by atoms with Crippen LogP contribution in [0.2, 0.25) is 0 Å². The molecule has 0 saturated carbocycles. The van der Waals surface area contributed by atoms with Crippen molar-refractivity contribution in [2.24, 2.45) is 5.92 Å². The zero-order valence-electron chi connectivity index (χ0n) is 14.7. The Hall–Kier alpha value is -2.37. The van der Waals surface area contributed by atoms with E-state index in [1.165, 1.54) is 12.1 Å². The normalized spacial score (nSPS) is 19.7. The third-order valence-corrected chi connectivity index (χ3v) is 5.01. The van der Waals surface area contributed by atoms with E-state index in [1.807, 2.05) is 0 Å². The lowest BCUT2D eigenvalue weighted by molar-refractivity contribution is -0.137. The minimum Gasteiger partial charge on any atom is -0.349 e. The Balaban J connectivity index is 2.00. The van der Waals surface area contributed by atoms with Crippen LogP contribution in [0.25, 0.3) is 11.1 Å². The molecular formula is C20H21F3N2O. The number of carbonyl (C=O) groups is 1. The molecule has 0 spiro atoms. The second kappa shape index (κ2) is 7.09. The topological polar surface area (TPSA) is 42.0 Å². The van der Waals surface area contributed by atoms with Crippen LogP contribution in [0.5, 0.6) is 0 Å². The van der Waals surface area contributed by atoms with Crippen LogP contribution in [0.15, 0.2) is 36.7 Å². The van der Waals surface area contributed by atoms with Crippen molar-refractivity contribution in [2.75, 3.05) is 0 Å². The maximum absolute atomic E-state index is 12.8. The number of fused-ring (bicyclic) bond motifs is 1. The van der Waals surface area contributed by atoms with Crippen molar-refractivity contribution in [3.63, 3.8) is 0 Å². The van der Waals surface area contributed by atoms with Crippen LogP contribution < -0.4 is 5.32 Å². The van der Waals surface area contributed by atoms with Crippen molar-refractivity contribution < 1.29 is 18.0 Å². The predicted octanol–water partition coefficient (Wildman–Crippen LogP) is 4.92. The number of halogens is 3. The molecule has 1 amide bonds. The lowest BCUT2D eigenvalue weighted by Crippen LogP contribution is -2.35. The van der Waals surface area contributed by atoms with Gasteiger partial charge in [0.1, 0.15) is 0 Å². The van der Waals surface area contributed by atoms with E-state index in [-0.39, 0.29) is 17.9 Å². The van der Waals surface area contributed by atoms with E-state index in [1.54, 1.807) is 19.3 Å². The summed E-state index contributed by atoms with van der Waals surface area (Å²) < 4.78 is 38.4. The molecule has 0 unspecified atom stereocenters. The van der Waals surface area contributed by atoms with Crippen LogP contribution in [-0.4, -0.2) is 10.9 Å². The summed E-state index contributed by atoms with van der Waals surface area (Å²) in [6.45, 7) is 3.90. The van der Waals surface area contributed by atoms with E-state index in [0.29, 0.717) is 12.0 Å². The van der Waals surface area contributed by atoms with Crippen LogP contribution in [0.3, 0.4) is 0 Å². The van der Waals surface area contributed by atoms with E-state index in [2.05, 4.69) is 17.2 Å². The van der Waals surface area contributed by atoms with Crippen LogP contribution in [0.4, 0.5) is 13.2 Å². The van der Waals surface area contributed by atoms with Crippen molar-refractivity contribution in [1.29, 1.82) is 0 Å². The quantitative estimate of drug-likeness (QED) is 0.842. The third-order valence-electron chi connectivity index (χ3n) is 5.01. The van der Waals surface area contributed by atoms with Crippen molar-refractivity contribution in [1.82, 2.24) is 10.3 Å². The van der Waals surface area contributed by atoms with Gasteiger partial charge in [-0.2, -0.15) is 13.2 Å². The molecule has 1 aliphatic carbocycles. The number of pyridine rings is 1. The van der Waals surface area contributed by atoms with Gasteiger partial charge in [-0.3, -0.25) is 9.78 Å². The van der Waals surface area contributed by atoms with Crippen molar-refractivity contribution in [3.05, 3.63) is 53.3 Å². The summed E-state index contributed by atoms with van der Waals surface area (Å²) in [5.74, 6) is 0.261. The maximum Gasteiger partial charge on any atom is 0.416 e. The number of aromatic nitrogens is 1. The molecule has 1 heterocycles. The number of amides is 1. The zero-order chi connectivity index (χ0) is 18.9. The van der Waals surface area contributed by atoms with Gasteiger partial charge in [-0.1, -0.05) is 26.0 Å². The summed E-state index contributed by atoms with van der Waals surface area (Å²) in [4.78, 5) is 16.2. The molecule has 1 aliphatic rings. The molecular weight excluding hydrogens is 341 g/mol. The fraction of sp³-hybridized carbons (Fsp3) is 0.400. The molecule has 0 aliphatic heterocycles. The summed E-state index contributed by atoms with van der Waals surface area (Å²) in [5, 5.41) is 3.05. The molecule has 0 fully saturated rings. The molecule has 138 valence electrons. The van der Waals surface area contributed by atoms with E-state index in [9.17, 15) is 18.0 Å². The average Bonchev–Trinajstić information content (AvgIpc) is 2.62. The number of carbonyl (C=O) groups excluding carboxylic acids is 1. The summed E-state index contributed by atoms with van der Waals surface area (Å²) in [6.07, 6.45) is 1.23.